The lowest BCUT2D eigenvalue weighted by atomic mass is 10.0. The van der Waals surface area contributed by atoms with E-state index in [1.807, 2.05) is 4.72 Å². The van der Waals surface area contributed by atoms with Crippen LogP contribution in [0.2, 0.25) is 0 Å². The van der Waals surface area contributed by atoms with Crippen LogP contribution in [0.15, 0.2) is 90.9 Å². The first-order valence-corrected chi connectivity index (χ1v) is 15.2. The molecule has 8 N–H and O–H groups in total. The maximum atomic E-state index is 13.5. The zero-order chi connectivity index (χ0) is 34.3. The summed E-state index contributed by atoms with van der Waals surface area (Å²) in [6, 6.07) is 16.9. The SMILES string of the molecule is NC(=O)C(Cc1ccc(N2C=C(O)NS2(=O)=O)cc1)NC(=O)C(Cc1ccc(OC(C(=O)O)C(=O)O)cc1)NC(=O)c1ccccc1. The Hall–Kier alpha value is -6.10. The van der Waals surface area contributed by atoms with Gasteiger partial charge in [0.2, 0.25) is 17.7 Å². The molecule has 4 rings (SSSR count). The average Bonchev–Trinajstić information content (AvgIpc) is 3.31. The predicted octanol–water partition coefficient (Wildman–Crippen LogP) is 0.168. The van der Waals surface area contributed by atoms with Gasteiger partial charge in [-0.3, -0.25) is 14.4 Å². The van der Waals surface area contributed by atoms with E-state index in [1.165, 1.54) is 60.7 Å². The summed E-state index contributed by atoms with van der Waals surface area (Å²) in [5.41, 5.74) is 6.99. The molecule has 1 aliphatic rings. The van der Waals surface area contributed by atoms with Crippen molar-refractivity contribution in [1.82, 2.24) is 15.4 Å². The minimum Gasteiger partial charge on any atom is -0.493 e. The summed E-state index contributed by atoms with van der Waals surface area (Å²) >= 11 is 0. The molecular weight excluding hydrogens is 638 g/mol. The van der Waals surface area contributed by atoms with Crippen molar-refractivity contribution in [2.45, 2.75) is 31.0 Å². The number of nitrogens with two attached hydrogens (primary N) is 1. The highest BCUT2D eigenvalue weighted by molar-refractivity contribution is 7.91. The lowest BCUT2D eigenvalue weighted by Gasteiger charge is -2.23. The molecule has 0 saturated carbocycles. The van der Waals surface area contributed by atoms with Gasteiger partial charge in [0.05, 0.1) is 11.9 Å². The van der Waals surface area contributed by atoms with Crippen LogP contribution in [0.4, 0.5) is 5.69 Å². The van der Waals surface area contributed by atoms with Crippen LogP contribution < -0.4 is 30.1 Å². The number of amides is 3. The number of primary amides is 1. The van der Waals surface area contributed by atoms with Crippen LogP contribution in [-0.2, 0) is 42.2 Å². The topological polar surface area (TPSA) is 255 Å². The summed E-state index contributed by atoms with van der Waals surface area (Å²) in [6.07, 6.45) is -1.36. The van der Waals surface area contributed by atoms with Gasteiger partial charge >= 0.3 is 22.1 Å². The molecule has 246 valence electrons. The molecule has 2 atom stereocenters. The van der Waals surface area contributed by atoms with Crippen molar-refractivity contribution in [2.24, 2.45) is 5.73 Å². The van der Waals surface area contributed by atoms with Crippen LogP contribution in [0.25, 0.3) is 0 Å². The fraction of sp³-hybridized carbons (Fsp3) is 0.167. The van der Waals surface area contributed by atoms with Crippen LogP contribution in [0.3, 0.4) is 0 Å². The van der Waals surface area contributed by atoms with Crippen molar-refractivity contribution in [3.63, 3.8) is 0 Å². The molecular formula is C30H29N5O11S. The monoisotopic (exact) mass is 667 g/mol. The number of carboxylic acid groups (broad SMARTS) is 2. The fourth-order valence-corrected chi connectivity index (χ4v) is 5.49. The number of carbonyl (C=O) groups excluding carboxylic acids is 3. The van der Waals surface area contributed by atoms with Gasteiger partial charge in [-0.05, 0) is 47.5 Å². The normalized spacial score (nSPS) is 14.7. The molecule has 3 aromatic carbocycles. The number of carboxylic acids is 2. The van der Waals surface area contributed by atoms with Crippen LogP contribution in [0.1, 0.15) is 21.5 Å². The number of aliphatic hydroxyl groups excluding tert-OH is 1. The Bertz CT molecular complexity index is 1780. The second-order valence-electron chi connectivity index (χ2n) is 10.2. The largest absolute Gasteiger partial charge is 0.493 e. The Morgan fingerprint density at radius 3 is 1.87 bits per heavy atom. The lowest BCUT2D eigenvalue weighted by Crippen LogP contribution is -2.54. The molecule has 0 saturated heterocycles. The van der Waals surface area contributed by atoms with E-state index >= 15 is 0 Å². The molecule has 0 bridgehead atoms. The van der Waals surface area contributed by atoms with Crippen molar-refractivity contribution < 1.29 is 52.4 Å². The highest BCUT2D eigenvalue weighted by atomic mass is 32.2. The molecule has 0 spiro atoms. The lowest BCUT2D eigenvalue weighted by molar-refractivity contribution is -0.159. The molecule has 1 heterocycles. The van der Waals surface area contributed by atoms with Crippen molar-refractivity contribution in [2.75, 3.05) is 4.31 Å². The number of aliphatic hydroxyl groups is 1. The molecule has 0 fully saturated rings. The van der Waals surface area contributed by atoms with Gasteiger partial charge in [0, 0.05) is 18.4 Å². The summed E-state index contributed by atoms with van der Waals surface area (Å²) < 4.78 is 32.0. The maximum absolute atomic E-state index is 13.5. The smallest absolute Gasteiger partial charge is 0.356 e. The van der Waals surface area contributed by atoms with Gasteiger partial charge in [-0.15, -0.1) is 0 Å². The summed E-state index contributed by atoms with van der Waals surface area (Å²) in [4.78, 5) is 61.2. The van der Waals surface area contributed by atoms with Crippen molar-refractivity contribution in [3.05, 3.63) is 108 Å². The van der Waals surface area contributed by atoms with E-state index in [2.05, 4.69) is 10.6 Å². The maximum Gasteiger partial charge on any atom is 0.356 e. The molecule has 2 unspecified atom stereocenters. The summed E-state index contributed by atoms with van der Waals surface area (Å²) in [6.45, 7) is 0. The number of benzene rings is 3. The second kappa shape index (κ2) is 14.3. The summed E-state index contributed by atoms with van der Waals surface area (Å²) in [7, 11) is -4.01. The Morgan fingerprint density at radius 1 is 0.809 bits per heavy atom. The molecule has 0 aromatic heterocycles. The molecule has 0 radical (unpaired) electrons. The van der Waals surface area contributed by atoms with Gasteiger partial charge in [0.25, 0.3) is 12.0 Å². The van der Waals surface area contributed by atoms with Crippen LogP contribution in [-0.4, -0.2) is 71.6 Å². The van der Waals surface area contributed by atoms with Gasteiger partial charge in [-0.1, -0.05) is 42.5 Å². The van der Waals surface area contributed by atoms with Gasteiger partial charge < -0.3 is 36.4 Å². The number of carbonyl (C=O) groups is 5. The fourth-order valence-electron chi connectivity index (χ4n) is 4.43. The van der Waals surface area contributed by atoms with Gasteiger partial charge in [-0.25, -0.2) is 18.6 Å². The third-order valence-corrected chi connectivity index (χ3v) is 8.05. The summed E-state index contributed by atoms with van der Waals surface area (Å²) in [5.74, 6) is -6.26. The van der Waals surface area contributed by atoms with E-state index in [4.69, 9.17) is 20.7 Å². The first kappa shape index (κ1) is 33.8. The molecule has 17 heteroatoms. The number of ether oxygens (including phenoxy) is 1. The standard InChI is InChI=1S/C30H29N5O11S/c31-26(37)22(14-17-6-10-20(11-7-17)35-16-24(36)34-47(35,44)45)32-28(39)23(33-27(38)19-4-2-1-3-5-19)15-18-8-12-21(13-9-18)46-25(29(40)41)30(42)43/h1-13,16,22-23,25,34,36H,14-15H2,(H2,31,37)(H,32,39)(H,33,38)(H,40,41)(H,42,43). The third-order valence-electron chi connectivity index (χ3n) is 6.75. The van der Waals surface area contributed by atoms with Gasteiger partial charge in [-0.2, -0.15) is 8.42 Å². The average molecular weight is 668 g/mol. The van der Waals surface area contributed by atoms with E-state index in [9.17, 15) is 37.5 Å². The number of nitrogens with one attached hydrogen (secondary N) is 3. The number of rotatable bonds is 14. The number of nitrogens with zero attached hydrogens (tertiary/aromatic N) is 1. The van der Waals surface area contributed by atoms with E-state index in [-0.39, 0.29) is 29.8 Å². The summed E-state index contributed by atoms with van der Waals surface area (Å²) in [5, 5.41) is 32.8. The van der Waals surface area contributed by atoms with Crippen molar-refractivity contribution >= 4 is 45.6 Å². The Kier molecular flexibility index (Phi) is 10.3. The molecule has 0 aliphatic carbocycles. The van der Waals surface area contributed by atoms with E-state index in [1.54, 1.807) is 18.2 Å². The molecule has 16 nitrogen and oxygen atoms in total. The highest BCUT2D eigenvalue weighted by Gasteiger charge is 2.30. The Morgan fingerprint density at radius 2 is 1.36 bits per heavy atom. The first-order chi connectivity index (χ1) is 22.2. The number of aliphatic carboxylic acids is 2. The van der Waals surface area contributed by atoms with Gasteiger partial charge in [0.1, 0.15) is 17.8 Å². The zero-order valence-electron chi connectivity index (χ0n) is 24.3. The van der Waals surface area contributed by atoms with Crippen LogP contribution >= 0.6 is 0 Å². The molecule has 47 heavy (non-hydrogen) atoms. The van der Waals surface area contributed by atoms with Crippen molar-refractivity contribution in [1.29, 1.82) is 0 Å². The second-order valence-corrected chi connectivity index (χ2v) is 11.7. The van der Waals surface area contributed by atoms with Gasteiger partial charge in [0.15, 0.2) is 0 Å². The molecule has 3 aromatic rings. The Balaban J connectivity index is 1.50. The predicted molar refractivity (Wildman–Crippen MR) is 164 cm³/mol. The molecule has 3 amide bonds. The number of anilines is 1. The highest BCUT2D eigenvalue weighted by Crippen LogP contribution is 2.23. The first-order valence-electron chi connectivity index (χ1n) is 13.7. The molecule has 1 aliphatic heterocycles. The number of hydrogen-bond acceptors (Lipinski definition) is 9. The minimum atomic E-state index is -4.01. The van der Waals surface area contributed by atoms with E-state index in [0.29, 0.717) is 11.1 Å². The quantitative estimate of drug-likeness (QED) is 0.114. The van der Waals surface area contributed by atoms with Crippen LogP contribution in [0, 0.1) is 0 Å². The Labute approximate surface area is 267 Å². The van der Waals surface area contributed by atoms with Crippen LogP contribution in [0.5, 0.6) is 5.75 Å². The van der Waals surface area contributed by atoms with Crippen molar-refractivity contribution in [3.8, 4) is 5.75 Å². The third kappa shape index (κ3) is 8.76. The minimum absolute atomic E-state index is 0.0656. The van der Waals surface area contributed by atoms with E-state index < -0.39 is 63.9 Å². The number of hydrogen-bond donors (Lipinski definition) is 7. The van der Waals surface area contributed by atoms with E-state index in [0.717, 1.165) is 10.5 Å². The zero-order valence-corrected chi connectivity index (χ0v) is 25.1.